The zero-order valence-corrected chi connectivity index (χ0v) is 14.9. The lowest BCUT2D eigenvalue weighted by molar-refractivity contribution is -0.274. The second-order valence-corrected chi connectivity index (χ2v) is 6.43. The van der Waals surface area contributed by atoms with Gasteiger partial charge in [-0.1, -0.05) is 6.07 Å². The van der Waals surface area contributed by atoms with Gasteiger partial charge in [-0.2, -0.15) is 0 Å². The van der Waals surface area contributed by atoms with Gasteiger partial charge in [0.25, 0.3) is 5.91 Å². The third-order valence-corrected chi connectivity index (χ3v) is 4.46. The van der Waals surface area contributed by atoms with Crippen molar-refractivity contribution in [3.05, 3.63) is 48.0 Å². The molecule has 0 radical (unpaired) electrons. The maximum atomic E-state index is 12.6. The molecule has 2 aliphatic rings. The van der Waals surface area contributed by atoms with Crippen LogP contribution in [0.1, 0.15) is 12.0 Å². The second kappa shape index (κ2) is 7.28. The molecule has 0 aromatic heterocycles. The number of nitrogens with one attached hydrogen (secondary N) is 1. The number of hydrogen-bond donors (Lipinski definition) is 1. The number of carbonyl (C=O) groups excluding carboxylic acids is 2. The maximum absolute atomic E-state index is 12.6. The summed E-state index contributed by atoms with van der Waals surface area (Å²) >= 11 is 0. The van der Waals surface area contributed by atoms with Gasteiger partial charge >= 0.3 is 6.36 Å². The van der Waals surface area contributed by atoms with Gasteiger partial charge in [0, 0.05) is 6.54 Å². The van der Waals surface area contributed by atoms with Gasteiger partial charge in [0.15, 0.2) is 11.5 Å². The molecule has 0 saturated carbocycles. The molecule has 0 aliphatic carbocycles. The molecule has 2 aromatic carbocycles. The van der Waals surface area contributed by atoms with Gasteiger partial charge in [-0.3, -0.25) is 9.59 Å². The van der Waals surface area contributed by atoms with Crippen LogP contribution in [-0.2, 0) is 16.1 Å². The molecule has 1 atom stereocenters. The Labute approximate surface area is 163 Å². The lowest BCUT2D eigenvalue weighted by Crippen LogP contribution is -2.38. The average Bonchev–Trinajstić information content (AvgIpc) is 3.23. The monoisotopic (exact) mass is 408 g/mol. The van der Waals surface area contributed by atoms with E-state index >= 15 is 0 Å². The van der Waals surface area contributed by atoms with Crippen LogP contribution >= 0.6 is 0 Å². The smallest absolute Gasteiger partial charge is 0.454 e. The molecule has 4 rings (SSSR count). The van der Waals surface area contributed by atoms with Crippen LogP contribution in [-0.4, -0.2) is 31.0 Å². The van der Waals surface area contributed by atoms with E-state index in [1.54, 1.807) is 12.1 Å². The van der Waals surface area contributed by atoms with Crippen molar-refractivity contribution in [2.75, 3.05) is 11.7 Å². The second-order valence-electron chi connectivity index (χ2n) is 6.43. The van der Waals surface area contributed by atoms with Crippen LogP contribution < -0.4 is 24.4 Å². The highest BCUT2D eigenvalue weighted by atomic mass is 19.4. The normalized spacial score (nSPS) is 18.4. The van der Waals surface area contributed by atoms with Crippen LogP contribution in [0.2, 0.25) is 0 Å². The Kier molecular flexibility index (Phi) is 4.79. The number of imide groups is 1. The Hall–Kier alpha value is -3.27. The molecule has 1 unspecified atom stereocenters. The van der Waals surface area contributed by atoms with E-state index in [0.717, 1.165) is 22.6 Å². The molecule has 2 heterocycles. The predicted octanol–water partition coefficient (Wildman–Crippen LogP) is 2.74. The number of ether oxygens (including phenoxy) is 3. The van der Waals surface area contributed by atoms with E-state index in [4.69, 9.17) is 9.47 Å². The van der Waals surface area contributed by atoms with E-state index in [0.29, 0.717) is 18.0 Å². The topological polar surface area (TPSA) is 77.1 Å². The van der Waals surface area contributed by atoms with Crippen LogP contribution in [0.25, 0.3) is 0 Å². The summed E-state index contributed by atoms with van der Waals surface area (Å²) < 4.78 is 51.1. The molecule has 152 valence electrons. The number of amides is 2. The Morgan fingerprint density at radius 3 is 2.52 bits per heavy atom. The molecular formula is C19H15F3N2O5. The lowest BCUT2D eigenvalue weighted by Gasteiger charge is -2.16. The first-order chi connectivity index (χ1) is 13.8. The van der Waals surface area contributed by atoms with E-state index in [-0.39, 0.29) is 18.9 Å². The van der Waals surface area contributed by atoms with Crippen molar-refractivity contribution in [1.82, 2.24) is 5.32 Å². The molecule has 2 aliphatic heterocycles. The standard InChI is InChI=1S/C19H15F3N2O5/c20-19(21,22)29-13-4-2-12(3-5-13)24-17(25)8-14(18(24)26)23-9-11-1-6-15-16(7-11)28-10-27-15/h1-7,14,23H,8-10H2. The Balaban J connectivity index is 1.41. The molecule has 0 spiro atoms. The third-order valence-electron chi connectivity index (χ3n) is 4.46. The summed E-state index contributed by atoms with van der Waals surface area (Å²) in [4.78, 5) is 25.9. The fourth-order valence-corrected chi connectivity index (χ4v) is 3.15. The van der Waals surface area contributed by atoms with Crippen LogP contribution in [0.4, 0.5) is 18.9 Å². The van der Waals surface area contributed by atoms with Gasteiger partial charge in [-0.05, 0) is 42.0 Å². The number of fused-ring (bicyclic) bond motifs is 1. The molecule has 2 amide bonds. The van der Waals surface area contributed by atoms with Gasteiger partial charge in [-0.15, -0.1) is 13.2 Å². The Morgan fingerprint density at radius 2 is 1.79 bits per heavy atom. The molecule has 0 bridgehead atoms. The van der Waals surface area contributed by atoms with Crippen molar-refractivity contribution in [1.29, 1.82) is 0 Å². The van der Waals surface area contributed by atoms with E-state index in [2.05, 4.69) is 10.1 Å². The molecule has 1 fully saturated rings. The SMILES string of the molecule is O=C1CC(NCc2ccc3c(c2)OCO3)C(=O)N1c1ccc(OC(F)(F)F)cc1. The summed E-state index contributed by atoms with van der Waals surface area (Å²) in [6.07, 6.45) is -4.87. The van der Waals surface area contributed by atoms with Crippen LogP contribution in [0.15, 0.2) is 42.5 Å². The first-order valence-corrected chi connectivity index (χ1v) is 8.65. The Bertz CT molecular complexity index is 946. The number of nitrogens with zero attached hydrogens (tertiary/aromatic N) is 1. The number of alkyl halides is 3. The van der Waals surface area contributed by atoms with Crippen LogP contribution in [0, 0.1) is 0 Å². The van der Waals surface area contributed by atoms with Gasteiger partial charge in [-0.25, -0.2) is 4.90 Å². The zero-order valence-electron chi connectivity index (χ0n) is 14.9. The highest BCUT2D eigenvalue weighted by molar-refractivity contribution is 6.22. The van der Waals surface area contributed by atoms with E-state index in [1.807, 2.05) is 6.07 Å². The summed E-state index contributed by atoms with van der Waals surface area (Å²) in [6.45, 7) is 0.482. The zero-order chi connectivity index (χ0) is 20.6. The molecule has 2 aromatic rings. The van der Waals surface area contributed by atoms with E-state index in [1.165, 1.54) is 12.1 Å². The van der Waals surface area contributed by atoms with E-state index in [9.17, 15) is 22.8 Å². The van der Waals surface area contributed by atoms with Gasteiger partial charge in [0.05, 0.1) is 18.2 Å². The number of halogens is 3. The number of rotatable bonds is 5. The van der Waals surface area contributed by atoms with Crippen molar-refractivity contribution < 1.29 is 37.0 Å². The van der Waals surface area contributed by atoms with Crippen LogP contribution in [0.5, 0.6) is 17.2 Å². The maximum Gasteiger partial charge on any atom is 0.573 e. The van der Waals surface area contributed by atoms with Crippen molar-refractivity contribution in [3.63, 3.8) is 0 Å². The summed E-state index contributed by atoms with van der Waals surface area (Å²) in [7, 11) is 0. The fraction of sp³-hybridized carbons (Fsp3) is 0.263. The fourth-order valence-electron chi connectivity index (χ4n) is 3.15. The minimum Gasteiger partial charge on any atom is -0.454 e. The first-order valence-electron chi connectivity index (χ1n) is 8.65. The molecule has 29 heavy (non-hydrogen) atoms. The first kappa shape index (κ1) is 19.1. The molecule has 10 heteroatoms. The molecule has 1 saturated heterocycles. The van der Waals surface area contributed by atoms with Gasteiger partial charge in [0.2, 0.25) is 12.7 Å². The van der Waals surface area contributed by atoms with Gasteiger partial charge < -0.3 is 19.5 Å². The summed E-state index contributed by atoms with van der Waals surface area (Å²) in [6, 6.07) is 9.20. The van der Waals surface area contributed by atoms with Crippen molar-refractivity contribution in [2.24, 2.45) is 0 Å². The summed E-state index contributed by atoms with van der Waals surface area (Å²) in [5.74, 6) is -0.0911. The molecular weight excluding hydrogens is 393 g/mol. The van der Waals surface area contributed by atoms with Crippen molar-refractivity contribution >= 4 is 17.5 Å². The lowest BCUT2D eigenvalue weighted by atomic mass is 10.1. The number of carbonyl (C=O) groups is 2. The van der Waals surface area contributed by atoms with E-state index < -0.39 is 30.0 Å². The molecule has 7 nitrogen and oxygen atoms in total. The average molecular weight is 408 g/mol. The van der Waals surface area contributed by atoms with Crippen LogP contribution in [0.3, 0.4) is 0 Å². The minimum atomic E-state index is -4.81. The third kappa shape index (κ3) is 4.11. The number of anilines is 1. The minimum absolute atomic E-state index is 0.0514. The van der Waals surface area contributed by atoms with Crippen molar-refractivity contribution in [2.45, 2.75) is 25.4 Å². The number of hydrogen-bond acceptors (Lipinski definition) is 6. The van der Waals surface area contributed by atoms with Crippen molar-refractivity contribution in [3.8, 4) is 17.2 Å². The quantitative estimate of drug-likeness (QED) is 0.767. The molecule has 1 N–H and O–H groups in total. The largest absolute Gasteiger partial charge is 0.573 e. The highest BCUT2D eigenvalue weighted by Gasteiger charge is 2.39. The summed E-state index contributed by atoms with van der Waals surface area (Å²) in [5.41, 5.74) is 1.03. The van der Waals surface area contributed by atoms with Gasteiger partial charge in [0.1, 0.15) is 5.75 Å². The Morgan fingerprint density at radius 1 is 1.07 bits per heavy atom. The predicted molar refractivity (Wildman–Crippen MR) is 93.4 cm³/mol. The number of benzene rings is 2. The highest BCUT2D eigenvalue weighted by Crippen LogP contribution is 2.33. The summed E-state index contributed by atoms with van der Waals surface area (Å²) in [5, 5.41) is 3.03.